The Labute approximate surface area is 129 Å². The molecule has 1 aromatic rings. The molecule has 0 spiro atoms. The number of H-pyrrole nitrogens is 1. The quantitative estimate of drug-likeness (QED) is 0.348. The average molecular weight is 326 g/mol. The van der Waals surface area contributed by atoms with E-state index in [1.807, 2.05) is 4.98 Å². The minimum Gasteiger partial charge on any atom is -0.364 e. The topological polar surface area (TPSA) is 131 Å². The van der Waals surface area contributed by atoms with Crippen molar-refractivity contribution in [3.63, 3.8) is 0 Å². The van der Waals surface area contributed by atoms with E-state index in [1.54, 1.807) is 0 Å². The van der Waals surface area contributed by atoms with Gasteiger partial charge in [0.1, 0.15) is 21.9 Å². The second kappa shape index (κ2) is 9.02. The molecule has 2 rings (SSSR count). The molecule has 2 atom stereocenters. The Morgan fingerprint density at radius 3 is 2.59 bits per heavy atom. The van der Waals surface area contributed by atoms with Crippen molar-refractivity contribution in [2.75, 3.05) is 6.51 Å². The van der Waals surface area contributed by atoms with Crippen molar-refractivity contribution < 1.29 is 23.8 Å². The zero-order chi connectivity index (χ0) is 16.7. The van der Waals surface area contributed by atoms with Crippen LogP contribution in [0, 0.1) is 0 Å². The minimum atomic E-state index is -2.23. The van der Waals surface area contributed by atoms with Gasteiger partial charge in [-0.1, -0.05) is 0 Å². The van der Waals surface area contributed by atoms with Gasteiger partial charge < -0.3 is 19.0 Å². The second-order valence-corrected chi connectivity index (χ2v) is 4.89. The third-order valence-corrected chi connectivity index (χ3v) is 3.03. The number of carbonyl (C=O) groups excluding carboxylic acids is 1. The molecule has 4 radical (unpaired) electrons. The van der Waals surface area contributed by atoms with Crippen LogP contribution in [0.5, 0.6) is 0 Å². The fourth-order valence-electron chi connectivity index (χ4n) is 1.71. The maximum atomic E-state index is 11.5. The predicted molar refractivity (Wildman–Crippen MR) is 78.7 cm³/mol. The lowest BCUT2D eigenvalue weighted by molar-refractivity contribution is 0.0339. The number of carbonyl (C=O) groups is 1. The van der Waals surface area contributed by atoms with Gasteiger partial charge in [0.05, 0.1) is 5.56 Å². The Balaban J connectivity index is 0.000000346. The predicted octanol–water partition coefficient (Wildman–Crippen LogP) is -1.51. The summed E-state index contributed by atoms with van der Waals surface area (Å²) in [6.07, 6.45) is 2.27. The molecule has 2 heterocycles. The van der Waals surface area contributed by atoms with Crippen molar-refractivity contribution in [3.05, 3.63) is 32.6 Å². The largest absolute Gasteiger partial charge is 0.364 e. The maximum absolute atomic E-state index is 11.5. The van der Waals surface area contributed by atoms with Crippen LogP contribution < -0.4 is 11.2 Å². The van der Waals surface area contributed by atoms with Gasteiger partial charge in [0.2, 0.25) is 0 Å². The van der Waals surface area contributed by atoms with Crippen LogP contribution >= 0.6 is 8.60 Å². The molecular formula is C10H13B2N2O7P. The fourth-order valence-corrected chi connectivity index (χ4v) is 1.85. The van der Waals surface area contributed by atoms with E-state index in [2.05, 4.69) is 4.52 Å². The summed E-state index contributed by atoms with van der Waals surface area (Å²) in [6.45, 7) is -0.140. The Kier molecular flexibility index (Phi) is 7.70. The smallest absolute Gasteiger partial charge is 0.330 e. The summed E-state index contributed by atoms with van der Waals surface area (Å²) < 4.78 is 10.4. The third kappa shape index (κ3) is 5.51. The molecular weight excluding hydrogens is 313 g/mol. The summed E-state index contributed by atoms with van der Waals surface area (Å²) in [6, 6.07) is -0.413. The van der Waals surface area contributed by atoms with Crippen molar-refractivity contribution in [2.24, 2.45) is 0 Å². The number of hydrogen-bond donors (Lipinski definition) is 3. The molecule has 1 aliphatic heterocycles. The van der Waals surface area contributed by atoms with Crippen molar-refractivity contribution in [2.45, 2.75) is 25.1 Å². The molecule has 1 unspecified atom stereocenters. The first-order valence-corrected chi connectivity index (χ1v) is 7.28. The van der Waals surface area contributed by atoms with Gasteiger partial charge in [-0.2, -0.15) is 0 Å². The summed E-state index contributed by atoms with van der Waals surface area (Å²) in [5.74, 6) is 0. The van der Waals surface area contributed by atoms with Gasteiger partial charge in [-0.15, -0.1) is 0 Å². The van der Waals surface area contributed by atoms with Crippen LogP contribution in [0.3, 0.4) is 0 Å². The normalized spacial score (nSPS) is 20.5. The summed E-state index contributed by atoms with van der Waals surface area (Å²) in [5, 5.41) is 0. The SMILES string of the molecule is [B]COP(O)O.[B][C@@H]1CCC(n2cc(C=O)c(=O)[nH]c2=O)O1. The lowest BCUT2D eigenvalue weighted by Crippen LogP contribution is -2.34. The molecule has 1 fully saturated rings. The first kappa shape index (κ1) is 18.8. The molecule has 22 heavy (non-hydrogen) atoms. The van der Waals surface area contributed by atoms with Gasteiger partial charge >= 0.3 is 14.3 Å². The minimum absolute atomic E-state index is 0.108. The van der Waals surface area contributed by atoms with Crippen molar-refractivity contribution >= 4 is 30.6 Å². The number of aromatic nitrogens is 2. The van der Waals surface area contributed by atoms with Crippen molar-refractivity contribution in [1.82, 2.24) is 9.55 Å². The number of aldehydes is 1. The van der Waals surface area contributed by atoms with Crippen LogP contribution in [0.1, 0.15) is 29.4 Å². The number of nitrogens with one attached hydrogen (secondary N) is 1. The van der Waals surface area contributed by atoms with Gasteiger partial charge in [-0.05, 0) is 12.8 Å². The monoisotopic (exact) mass is 326 g/mol. The van der Waals surface area contributed by atoms with Gasteiger partial charge in [0, 0.05) is 18.7 Å². The van der Waals surface area contributed by atoms with Crippen LogP contribution in [0.15, 0.2) is 15.8 Å². The first-order chi connectivity index (χ1) is 10.4. The van der Waals surface area contributed by atoms with Crippen LogP contribution in [0.4, 0.5) is 0 Å². The van der Waals surface area contributed by atoms with E-state index >= 15 is 0 Å². The third-order valence-electron chi connectivity index (χ3n) is 2.65. The molecule has 0 bridgehead atoms. The highest BCUT2D eigenvalue weighted by Gasteiger charge is 2.24. The van der Waals surface area contributed by atoms with Crippen LogP contribution in [0.2, 0.25) is 0 Å². The van der Waals surface area contributed by atoms with E-state index in [-0.39, 0.29) is 12.1 Å². The lowest BCUT2D eigenvalue weighted by atomic mass is 9.98. The average Bonchev–Trinajstić information content (AvgIpc) is 2.86. The van der Waals surface area contributed by atoms with Crippen LogP contribution in [-0.4, -0.2) is 53.8 Å². The molecule has 9 nitrogen and oxygen atoms in total. The summed E-state index contributed by atoms with van der Waals surface area (Å²) in [7, 11) is 8.01. The van der Waals surface area contributed by atoms with Crippen molar-refractivity contribution in [1.29, 1.82) is 0 Å². The Bertz CT molecular complexity index is 606. The van der Waals surface area contributed by atoms with E-state index in [1.165, 1.54) is 10.8 Å². The standard InChI is InChI=1S/C9H9BN2O4.CH4BO3P/c10-6-1-2-7(16-6)12-3-5(4-13)8(14)11-9(12)15;2-1-5-6(3)4/h3-4,6-7H,1-2H2,(H,11,14,15);3-4H,1H2/t6-,7?;/m0./s1. The van der Waals surface area contributed by atoms with E-state index in [9.17, 15) is 14.4 Å². The van der Waals surface area contributed by atoms with E-state index < -0.39 is 32.1 Å². The highest BCUT2D eigenvalue weighted by molar-refractivity contribution is 7.39. The highest BCUT2D eigenvalue weighted by Crippen LogP contribution is 2.24. The number of rotatable bonds is 4. The van der Waals surface area contributed by atoms with Crippen LogP contribution in [0.25, 0.3) is 0 Å². The van der Waals surface area contributed by atoms with Crippen molar-refractivity contribution in [3.8, 4) is 0 Å². The molecule has 0 saturated carbocycles. The van der Waals surface area contributed by atoms with Gasteiger partial charge in [-0.25, -0.2) is 4.79 Å². The molecule has 12 heteroatoms. The van der Waals surface area contributed by atoms with Gasteiger partial charge in [0.15, 0.2) is 6.29 Å². The summed E-state index contributed by atoms with van der Waals surface area (Å²) >= 11 is 0. The zero-order valence-electron chi connectivity index (χ0n) is 11.4. The van der Waals surface area contributed by atoms with Gasteiger partial charge in [-0.3, -0.25) is 19.1 Å². The van der Waals surface area contributed by atoms with E-state index in [0.29, 0.717) is 19.1 Å². The highest BCUT2D eigenvalue weighted by atomic mass is 31.2. The molecule has 116 valence electrons. The van der Waals surface area contributed by atoms with Gasteiger partial charge in [0.25, 0.3) is 5.56 Å². The Morgan fingerprint density at radius 2 is 2.18 bits per heavy atom. The van der Waals surface area contributed by atoms with E-state index in [0.717, 1.165) is 0 Å². The Hall–Kier alpha value is -1.25. The number of nitrogens with zero attached hydrogens (tertiary/aromatic N) is 1. The summed E-state index contributed by atoms with van der Waals surface area (Å²) in [4.78, 5) is 51.0. The van der Waals surface area contributed by atoms with E-state index in [4.69, 9.17) is 30.2 Å². The maximum Gasteiger partial charge on any atom is 0.330 e. The van der Waals surface area contributed by atoms with Crippen LogP contribution in [-0.2, 0) is 9.26 Å². The fraction of sp³-hybridized carbons (Fsp3) is 0.500. The number of hydrogen-bond acceptors (Lipinski definition) is 7. The number of ether oxygens (including phenoxy) is 1. The molecule has 0 aromatic carbocycles. The molecule has 0 amide bonds. The molecule has 1 aromatic heterocycles. The number of aromatic amines is 1. The molecule has 0 aliphatic carbocycles. The first-order valence-electron chi connectivity index (χ1n) is 6.11. The second-order valence-electron chi connectivity index (χ2n) is 4.12. The Morgan fingerprint density at radius 1 is 1.50 bits per heavy atom. The summed E-state index contributed by atoms with van der Waals surface area (Å²) in [5.41, 5.74) is -1.41. The lowest BCUT2D eigenvalue weighted by Gasteiger charge is -2.14. The zero-order valence-corrected chi connectivity index (χ0v) is 12.3. The molecule has 1 saturated heterocycles. The molecule has 1 aliphatic rings. The molecule has 3 N–H and O–H groups in total.